The Morgan fingerprint density at radius 2 is 1.15 bits per heavy atom. The minimum atomic E-state index is -2.94. The molecule has 0 radical (unpaired) electrons. The van der Waals surface area contributed by atoms with Crippen LogP contribution in [0, 0.1) is 23.7 Å². The van der Waals surface area contributed by atoms with Crippen molar-refractivity contribution in [2.75, 3.05) is 24.7 Å². The normalized spacial score (nSPS) is 20.9. The quantitative estimate of drug-likeness (QED) is 0.0412. The van der Waals surface area contributed by atoms with Crippen LogP contribution in [0.5, 0.6) is 11.5 Å². The summed E-state index contributed by atoms with van der Waals surface area (Å²) in [6, 6.07) is 19.3. The number of ketones is 2. The third-order valence-corrected chi connectivity index (χ3v) is 11.3. The van der Waals surface area contributed by atoms with Gasteiger partial charge in [0.15, 0.2) is 5.78 Å². The summed E-state index contributed by atoms with van der Waals surface area (Å²) in [6.07, 6.45) is 20.9. The average Bonchev–Trinajstić information content (AvgIpc) is 3.19. The van der Waals surface area contributed by atoms with Gasteiger partial charge in [-0.25, -0.2) is 0 Å². The van der Waals surface area contributed by atoms with E-state index < -0.39 is 29.7 Å². The molecule has 55 heavy (non-hydrogen) atoms. The number of rotatable bonds is 19. The van der Waals surface area contributed by atoms with Gasteiger partial charge in [-0.2, -0.15) is 0 Å². The minimum Gasteiger partial charge on any atom is -0.493 e. The topological polar surface area (TPSA) is 145 Å². The van der Waals surface area contributed by atoms with Gasteiger partial charge in [0.1, 0.15) is 11.5 Å². The maximum absolute atomic E-state index is 13.4. The molecule has 5 rings (SSSR count). The van der Waals surface area contributed by atoms with Crippen molar-refractivity contribution in [1.29, 1.82) is 0 Å². The predicted molar refractivity (Wildman–Crippen MR) is 222 cm³/mol. The number of carbonyl (C=O) groups is 2. The highest BCUT2D eigenvalue weighted by Gasteiger charge is 2.43. The van der Waals surface area contributed by atoms with Crippen molar-refractivity contribution in [2.45, 2.75) is 82.3 Å². The molecule has 2 saturated carbocycles. The third kappa shape index (κ3) is 12.3. The van der Waals surface area contributed by atoms with Crippen LogP contribution in [0.4, 0.5) is 11.4 Å². The molecule has 8 nitrogen and oxygen atoms in total. The molecule has 0 amide bonds. The van der Waals surface area contributed by atoms with Gasteiger partial charge in [0.2, 0.25) is 11.6 Å². The van der Waals surface area contributed by atoms with Crippen molar-refractivity contribution in [3.8, 4) is 11.5 Å². The number of ether oxygens (including phenoxy) is 2. The van der Waals surface area contributed by atoms with Gasteiger partial charge in [-0.3, -0.25) is 9.59 Å². The van der Waals surface area contributed by atoms with Gasteiger partial charge in [-0.05, 0) is 153 Å². The average molecular weight is 747 g/mol. The third-order valence-electron chi connectivity index (χ3n) is 11.3. The Morgan fingerprint density at radius 3 is 1.60 bits per heavy atom. The Labute approximate surface area is 326 Å². The van der Waals surface area contributed by atoms with Crippen LogP contribution in [0.2, 0.25) is 0 Å². The van der Waals surface area contributed by atoms with Crippen LogP contribution in [0.1, 0.15) is 93.2 Å². The maximum Gasteiger partial charge on any atom is 0.235 e. The van der Waals surface area contributed by atoms with Crippen LogP contribution in [0.3, 0.4) is 0 Å². The molecular formula is C47H58N2O6. The SMILES string of the molecule is C=CCC1CCC(COc2ccc(C=CC(=O)CC(c3ccc(N)cc3N)C(O)(O)C(=O)C=Cc3ccc(OCC4CCC(CC=C)CC4)cc3)cc2)CC1. The smallest absolute Gasteiger partial charge is 0.235 e. The fourth-order valence-corrected chi connectivity index (χ4v) is 7.82. The zero-order valence-corrected chi connectivity index (χ0v) is 32.0. The first kappa shape index (κ1) is 41.2. The largest absolute Gasteiger partial charge is 0.493 e. The number of hydrogen-bond donors (Lipinski definition) is 4. The fraction of sp³-hybridized carbons (Fsp3) is 0.404. The summed E-state index contributed by atoms with van der Waals surface area (Å²) in [6.45, 7) is 9.07. The van der Waals surface area contributed by atoms with Crippen molar-refractivity contribution < 1.29 is 29.3 Å². The van der Waals surface area contributed by atoms with Gasteiger partial charge in [0.05, 0.1) is 19.1 Å². The Kier molecular flexibility index (Phi) is 15.1. The molecule has 0 aromatic heterocycles. The molecule has 3 aromatic carbocycles. The zero-order valence-electron chi connectivity index (χ0n) is 32.0. The first-order chi connectivity index (χ1) is 26.5. The van der Waals surface area contributed by atoms with Gasteiger partial charge < -0.3 is 31.2 Å². The van der Waals surface area contributed by atoms with Crippen LogP contribution in [0.25, 0.3) is 12.2 Å². The molecule has 292 valence electrons. The monoisotopic (exact) mass is 746 g/mol. The molecular weight excluding hydrogens is 689 g/mol. The van der Waals surface area contributed by atoms with Gasteiger partial charge >= 0.3 is 0 Å². The first-order valence-electron chi connectivity index (χ1n) is 19.7. The summed E-state index contributed by atoms with van der Waals surface area (Å²) in [7, 11) is 0. The molecule has 0 aliphatic heterocycles. The molecule has 3 aromatic rings. The minimum absolute atomic E-state index is 0.145. The number of aliphatic hydroxyl groups is 2. The second-order valence-electron chi connectivity index (χ2n) is 15.5. The fourth-order valence-electron chi connectivity index (χ4n) is 7.82. The molecule has 1 atom stereocenters. The van der Waals surface area contributed by atoms with Crippen molar-refractivity contribution in [3.05, 3.63) is 121 Å². The molecule has 2 aliphatic carbocycles. The molecule has 0 saturated heterocycles. The van der Waals surface area contributed by atoms with E-state index in [0.29, 0.717) is 36.3 Å². The van der Waals surface area contributed by atoms with Crippen molar-refractivity contribution in [2.24, 2.45) is 23.7 Å². The predicted octanol–water partition coefficient (Wildman–Crippen LogP) is 9.09. The summed E-state index contributed by atoms with van der Waals surface area (Å²) in [5.41, 5.74) is 14.3. The van der Waals surface area contributed by atoms with Crippen molar-refractivity contribution in [1.82, 2.24) is 0 Å². The lowest BCUT2D eigenvalue weighted by atomic mass is 9.81. The van der Waals surface area contributed by atoms with E-state index in [4.69, 9.17) is 20.9 Å². The van der Waals surface area contributed by atoms with Gasteiger partial charge in [-0.1, -0.05) is 54.6 Å². The highest BCUT2D eigenvalue weighted by Crippen LogP contribution is 2.37. The van der Waals surface area contributed by atoms with E-state index in [-0.39, 0.29) is 11.3 Å². The Bertz CT molecular complexity index is 1780. The molecule has 0 spiro atoms. The molecule has 6 N–H and O–H groups in total. The molecule has 1 unspecified atom stereocenters. The maximum atomic E-state index is 13.4. The second kappa shape index (κ2) is 20.1. The number of anilines is 2. The lowest BCUT2D eigenvalue weighted by Gasteiger charge is -2.30. The van der Waals surface area contributed by atoms with Crippen LogP contribution in [-0.2, 0) is 9.59 Å². The van der Waals surface area contributed by atoms with E-state index in [2.05, 4.69) is 13.2 Å². The summed E-state index contributed by atoms with van der Waals surface area (Å²) in [5, 5.41) is 22.7. The van der Waals surface area contributed by atoms with Crippen LogP contribution >= 0.6 is 0 Å². The van der Waals surface area contributed by atoms with E-state index in [9.17, 15) is 19.8 Å². The summed E-state index contributed by atoms with van der Waals surface area (Å²) in [4.78, 5) is 26.7. The zero-order chi connectivity index (χ0) is 39.2. The highest BCUT2D eigenvalue weighted by molar-refractivity contribution is 6.01. The number of carbonyl (C=O) groups excluding carboxylic acids is 2. The second-order valence-corrected chi connectivity index (χ2v) is 15.5. The number of nitrogens with two attached hydrogens (primary N) is 2. The van der Waals surface area contributed by atoms with Crippen LogP contribution in [-0.4, -0.2) is 40.8 Å². The summed E-state index contributed by atoms with van der Waals surface area (Å²) < 4.78 is 12.1. The Hall–Kier alpha value is -4.92. The lowest BCUT2D eigenvalue weighted by molar-refractivity contribution is -0.187. The molecule has 2 fully saturated rings. The molecule has 0 heterocycles. The number of nitrogen functional groups attached to an aromatic ring is 2. The van der Waals surface area contributed by atoms with E-state index in [1.807, 2.05) is 48.6 Å². The van der Waals surface area contributed by atoms with Crippen LogP contribution < -0.4 is 20.9 Å². The molecule has 8 heteroatoms. The Morgan fingerprint density at radius 1 is 0.691 bits per heavy atom. The van der Waals surface area contributed by atoms with E-state index in [0.717, 1.165) is 73.5 Å². The summed E-state index contributed by atoms with van der Waals surface area (Å²) in [5.74, 6) is -1.66. The van der Waals surface area contributed by atoms with Gasteiger partial charge in [0, 0.05) is 17.8 Å². The Balaban J connectivity index is 1.17. The van der Waals surface area contributed by atoms with Crippen molar-refractivity contribution >= 4 is 35.1 Å². The van der Waals surface area contributed by atoms with Gasteiger partial charge in [0.25, 0.3) is 0 Å². The van der Waals surface area contributed by atoms with Crippen molar-refractivity contribution in [3.63, 3.8) is 0 Å². The highest BCUT2D eigenvalue weighted by atomic mass is 16.5. The molecule has 2 aliphatic rings. The number of benzene rings is 3. The number of hydrogen-bond acceptors (Lipinski definition) is 8. The first-order valence-corrected chi connectivity index (χ1v) is 19.7. The number of allylic oxidation sites excluding steroid dienone is 3. The van der Waals surface area contributed by atoms with E-state index >= 15 is 0 Å². The standard InChI is InChI=1S/C47H58N2O6/c1-3-5-33-7-11-37(12-8-33)31-54-41-23-16-35(17-24-41)15-22-40(50)30-44(43-27-21-39(48)29-45(43)49)47(52,53)46(51)28-20-36-18-25-42(26-19-36)55-32-38-13-9-34(6-4-2)10-14-38/h3-4,15-29,33-34,37-38,44,52-53H,1-2,5-14,30-32,48-49H2. The van der Waals surface area contributed by atoms with E-state index in [1.165, 1.54) is 50.0 Å². The van der Waals surface area contributed by atoms with Gasteiger partial charge in [-0.15, -0.1) is 13.2 Å². The van der Waals surface area contributed by atoms with Crippen LogP contribution in [0.15, 0.2) is 104 Å². The molecule has 0 bridgehead atoms. The van der Waals surface area contributed by atoms with E-state index in [1.54, 1.807) is 24.3 Å². The lowest BCUT2D eigenvalue weighted by Crippen LogP contribution is -2.44. The summed E-state index contributed by atoms with van der Waals surface area (Å²) >= 11 is 0.